The Morgan fingerprint density at radius 3 is 2.68 bits per heavy atom. The summed E-state index contributed by atoms with van der Waals surface area (Å²) >= 11 is 5.87. The molecule has 0 saturated carbocycles. The molecular formula is C14H13ClF3N5O2. The molecule has 2 aromatic heterocycles. The molecule has 25 heavy (non-hydrogen) atoms. The summed E-state index contributed by atoms with van der Waals surface area (Å²) in [5, 5.41) is 2.54. The number of pyridine rings is 1. The quantitative estimate of drug-likeness (QED) is 0.832. The summed E-state index contributed by atoms with van der Waals surface area (Å²) in [4.78, 5) is 23.3. The Morgan fingerprint density at radius 2 is 2.08 bits per heavy atom. The molecule has 0 aliphatic heterocycles. The number of hydrogen-bond acceptors (Lipinski definition) is 6. The highest BCUT2D eigenvalue weighted by atomic mass is 35.5. The first kappa shape index (κ1) is 18.7. The number of ether oxygens (including phenoxy) is 1. The summed E-state index contributed by atoms with van der Waals surface area (Å²) in [6.45, 7) is 0.145. The van der Waals surface area contributed by atoms with E-state index in [2.05, 4.69) is 25.0 Å². The second kappa shape index (κ2) is 7.51. The topological polar surface area (TPSA) is 103 Å². The van der Waals surface area contributed by atoms with Gasteiger partial charge < -0.3 is 15.8 Å². The average Bonchev–Trinajstić information content (AvgIpc) is 2.52. The predicted octanol–water partition coefficient (Wildman–Crippen LogP) is 2.54. The van der Waals surface area contributed by atoms with Crippen molar-refractivity contribution >= 4 is 23.3 Å². The van der Waals surface area contributed by atoms with Crippen molar-refractivity contribution in [2.45, 2.75) is 19.1 Å². The minimum absolute atomic E-state index is 0.0727. The minimum Gasteiger partial charge on any atom is -0.467 e. The van der Waals surface area contributed by atoms with Crippen LogP contribution in [0.2, 0.25) is 5.02 Å². The third-order valence-corrected chi connectivity index (χ3v) is 3.24. The third-order valence-electron chi connectivity index (χ3n) is 2.97. The highest BCUT2D eigenvalue weighted by Gasteiger charge is 2.29. The van der Waals surface area contributed by atoms with Gasteiger partial charge in [0.2, 0.25) is 5.88 Å². The van der Waals surface area contributed by atoms with Crippen LogP contribution in [0.25, 0.3) is 0 Å². The van der Waals surface area contributed by atoms with Crippen molar-refractivity contribution in [2.75, 3.05) is 12.3 Å². The van der Waals surface area contributed by atoms with Gasteiger partial charge >= 0.3 is 6.18 Å². The summed E-state index contributed by atoms with van der Waals surface area (Å²) in [7, 11) is 0. The molecule has 11 heteroatoms. The minimum atomic E-state index is -4.50. The highest BCUT2D eigenvalue weighted by molar-refractivity contribution is 6.31. The number of anilines is 1. The van der Waals surface area contributed by atoms with E-state index in [1.807, 2.05) is 0 Å². The van der Waals surface area contributed by atoms with Gasteiger partial charge in [-0.05, 0) is 18.6 Å². The van der Waals surface area contributed by atoms with Crippen molar-refractivity contribution in [3.8, 4) is 5.88 Å². The van der Waals surface area contributed by atoms with E-state index in [1.165, 1.54) is 18.3 Å². The maximum absolute atomic E-state index is 12.2. The van der Waals surface area contributed by atoms with E-state index in [0.717, 1.165) is 6.33 Å². The molecule has 0 aromatic carbocycles. The molecule has 0 aliphatic carbocycles. The smallest absolute Gasteiger partial charge is 0.422 e. The fraction of sp³-hybridized carbons (Fsp3) is 0.286. The van der Waals surface area contributed by atoms with Crippen LogP contribution in [0.15, 0.2) is 24.7 Å². The van der Waals surface area contributed by atoms with E-state index in [1.54, 1.807) is 6.92 Å². The van der Waals surface area contributed by atoms with Gasteiger partial charge in [0.25, 0.3) is 5.91 Å². The maximum atomic E-state index is 12.2. The number of nitrogens with two attached hydrogens (primary N) is 1. The Labute approximate surface area is 145 Å². The molecule has 2 aromatic rings. The van der Waals surface area contributed by atoms with Gasteiger partial charge in [-0.25, -0.2) is 15.0 Å². The number of nitrogens with zero attached hydrogens (tertiary/aromatic N) is 3. The number of amides is 1. The SMILES string of the molecule is CC(NC(=O)c1cc(N)ncn1)c1cnc(OCC(F)(F)F)c(Cl)c1. The number of carbonyl (C=O) groups excluding carboxylic acids is 1. The Kier molecular flexibility index (Phi) is 5.62. The highest BCUT2D eigenvalue weighted by Crippen LogP contribution is 2.27. The number of halogens is 4. The summed E-state index contributed by atoms with van der Waals surface area (Å²) < 4.78 is 41.0. The maximum Gasteiger partial charge on any atom is 0.422 e. The Bertz CT molecular complexity index is 772. The normalized spacial score (nSPS) is 12.5. The second-order valence-corrected chi connectivity index (χ2v) is 5.39. The molecule has 2 heterocycles. The first-order valence-corrected chi connectivity index (χ1v) is 7.27. The number of aromatic nitrogens is 3. The average molecular weight is 376 g/mol. The van der Waals surface area contributed by atoms with Crippen LogP contribution in [0.1, 0.15) is 29.0 Å². The lowest BCUT2D eigenvalue weighted by Gasteiger charge is -2.15. The number of rotatable bonds is 5. The molecular weight excluding hydrogens is 363 g/mol. The van der Waals surface area contributed by atoms with Crippen molar-refractivity contribution < 1.29 is 22.7 Å². The first-order valence-electron chi connectivity index (χ1n) is 6.89. The van der Waals surface area contributed by atoms with Gasteiger partial charge in [-0.2, -0.15) is 13.2 Å². The molecule has 0 aliphatic rings. The van der Waals surface area contributed by atoms with Crippen LogP contribution in [-0.2, 0) is 0 Å². The fourth-order valence-electron chi connectivity index (χ4n) is 1.78. The first-order chi connectivity index (χ1) is 11.7. The zero-order valence-corrected chi connectivity index (χ0v) is 13.6. The second-order valence-electron chi connectivity index (χ2n) is 4.98. The molecule has 1 unspecified atom stereocenters. The Morgan fingerprint density at radius 1 is 1.36 bits per heavy atom. The van der Waals surface area contributed by atoms with Gasteiger partial charge in [0.1, 0.15) is 22.9 Å². The number of carbonyl (C=O) groups is 1. The molecule has 0 fully saturated rings. The van der Waals surface area contributed by atoms with Crippen molar-refractivity contribution in [1.82, 2.24) is 20.3 Å². The van der Waals surface area contributed by atoms with Gasteiger partial charge in [-0.15, -0.1) is 0 Å². The fourth-order valence-corrected chi connectivity index (χ4v) is 2.01. The van der Waals surface area contributed by atoms with E-state index in [-0.39, 0.29) is 22.4 Å². The zero-order valence-electron chi connectivity index (χ0n) is 12.8. The van der Waals surface area contributed by atoms with E-state index in [0.29, 0.717) is 5.56 Å². The molecule has 7 nitrogen and oxygen atoms in total. The molecule has 1 atom stereocenters. The van der Waals surface area contributed by atoms with E-state index in [4.69, 9.17) is 17.3 Å². The lowest BCUT2D eigenvalue weighted by molar-refractivity contribution is -0.154. The molecule has 3 N–H and O–H groups in total. The number of nitrogen functional groups attached to an aromatic ring is 1. The summed E-state index contributed by atoms with van der Waals surface area (Å²) in [6, 6.07) is 2.13. The van der Waals surface area contributed by atoms with Gasteiger partial charge in [-0.1, -0.05) is 11.6 Å². The van der Waals surface area contributed by atoms with Crippen LogP contribution >= 0.6 is 11.6 Å². The third kappa shape index (κ3) is 5.45. The largest absolute Gasteiger partial charge is 0.467 e. The number of alkyl halides is 3. The van der Waals surface area contributed by atoms with Crippen LogP contribution in [0, 0.1) is 0 Å². The summed E-state index contributed by atoms with van der Waals surface area (Å²) in [5.74, 6) is -0.705. The van der Waals surface area contributed by atoms with Gasteiger partial charge in [-0.3, -0.25) is 4.79 Å². The van der Waals surface area contributed by atoms with Crippen LogP contribution in [0.4, 0.5) is 19.0 Å². The van der Waals surface area contributed by atoms with Gasteiger partial charge in [0.15, 0.2) is 6.61 Å². The van der Waals surface area contributed by atoms with Crippen LogP contribution in [0.3, 0.4) is 0 Å². The van der Waals surface area contributed by atoms with Crippen molar-refractivity contribution in [2.24, 2.45) is 0 Å². The lowest BCUT2D eigenvalue weighted by Crippen LogP contribution is -2.27. The van der Waals surface area contributed by atoms with Gasteiger partial charge in [0.05, 0.1) is 6.04 Å². The van der Waals surface area contributed by atoms with Crippen molar-refractivity contribution in [3.63, 3.8) is 0 Å². The van der Waals surface area contributed by atoms with Crippen molar-refractivity contribution in [3.05, 3.63) is 40.9 Å². The summed E-state index contributed by atoms with van der Waals surface area (Å²) in [6.07, 6.45) is -2.08. The molecule has 0 bridgehead atoms. The monoisotopic (exact) mass is 375 g/mol. The Balaban J connectivity index is 2.05. The molecule has 0 saturated heterocycles. The molecule has 0 radical (unpaired) electrons. The van der Waals surface area contributed by atoms with E-state index < -0.39 is 24.7 Å². The van der Waals surface area contributed by atoms with E-state index in [9.17, 15) is 18.0 Å². The predicted molar refractivity (Wildman–Crippen MR) is 83.1 cm³/mol. The standard InChI is InChI=1S/C14H13ClF3N5O2/c1-7(23-12(24)10-3-11(19)22-6-21-10)8-2-9(15)13(20-4-8)25-5-14(16,17)18/h2-4,6-7H,5H2,1H3,(H,23,24)(H2,19,21,22). The van der Waals surface area contributed by atoms with Crippen LogP contribution < -0.4 is 15.8 Å². The Hall–Kier alpha value is -2.62. The molecule has 0 spiro atoms. The van der Waals surface area contributed by atoms with E-state index >= 15 is 0 Å². The molecule has 1 amide bonds. The molecule has 2 rings (SSSR count). The van der Waals surface area contributed by atoms with Crippen molar-refractivity contribution in [1.29, 1.82) is 0 Å². The summed E-state index contributed by atoms with van der Waals surface area (Å²) in [5.41, 5.74) is 6.03. The lowest BCUT2D eigenvalue weighted by atomic mass is 10.1. The van der Waals surface area contributed by atoms with Gasteiger partial charge in [0, 0.05) is 12.3 Å². The van der Waals surface area contributed by atoms with Crippen LogP contribution in [-0.4, -0.2) is 33.6 Å². The number of hydrogen-bond donors (Lipinski definition) is 2. The number of nitrogens with one attached hydrogen (secondary N) is 1. The van der Waals surface area contributed by atoms with Crippen LogP contribution in [0.5, 0.6) is 5.88 Å². The molecule has 134 valence electrons. The zero-order chi connectivity index (χ0) is 18.6.